The van der Waals surface area contributed by atoms with Crippen LogP contribution in [0.1, 0.15) is 0 Å². The molecule has 0 aromatic heterocycles. The first-order chi connectivity index (χ1) is 9.08. The lowest BCUT2D eigenvalue weighted by atomic mass is 10.2. The van der Waals surface area contributed by atoms with Crippen molar-refractivity contribution >= 4 is 17.4 Å². The first-order valence-electron chi connectivity index (χ1n) is 5.69. The predicted molar refractivity (Wildman–Crippen MR) is 66.2 cm³/mol. The lowest BCUT2D eigenvalue weighted by Crippen LogP contribution is -2.43. The van der Waals surface area contributed by atoms with Crippen molar-refractivity contribution in [2.24, 2.45) is 0 Å². The molecular weight excluding hydrogens is 254 g/mol. The number of nitro benzene ring substituents is 1. The maximum absolute atomic E-state index is 11.8. The molecule has 0 saturated carbocycles. The number of nitrogens with one attached hydrogen (secondary N) is 1. The molecule has 2 rings (SSSR count). The number of phenols is 1. The highest BCUT2D eigenvalue weighted by Gasteiger charge is 2.18. The fraction of sp³-hybridized carbons (Fsp3) is 0.364. The second-order valence-electron chi connectivity index (χ2n) is 3.99. The Kier molecular flexibility index (Phi) is 3.81. The minimum absolute atomic E-state index is 0.305. The van der Waals surface area contributed by atoms with Crippen LogP contribution in [0.4, 0.5) is 16.2 Å². The molecule has 8 nitrogen and oxygen atoms in total. The molecule has 2 amide bonds. The number of urea groups is 1. The summed E-state index contributed by atoms with van der Waals surface area (Å²) in [5.41, 5.74) is -0.0936. The molecule has 1 saturated heterocycles. The number of hydrogen-bond acceptors (Lipinski definition) is 5. The second kappa shape index (κ2) is 5.53. The Morgan fingerprint density at radius 2 is 2.11 bits per heavy atom. The molecule has 1 aliphatic heterocycles. The Hall–Kier alpha value is -2.35. The van der Waals surface area contributed by atoms with E-state index in [9.17, 15) is 20.0 Å². The summed E-state index contributed by atoms with van der Waals surface area (Å²) in [5, 5.41) is 22.6. The van der Waals surface area contributed by atoms with E-state index in [0.29, 0.717) is 32.0 Å². The average molecular weight is 267 g/mol. The van der Waals surface area contributed by atoms with E-state index in [4.69, 9.17) is 4.74 Å². The molecule has 8 heteroatoms. The Balaban J connectivity index is 2.04. The van der Waals surface area contributed by atoms with Crippen LogP contribution in [-0.4, -0.2) is 47.3 Å². The number of morpholine rings is 1. The van der Waals surface area contributed by atoms with Crippen LogP contribution in [0.3, 0.4) is 0 Å². The van der Waals surface area contributed by atoms with Gasteiger partial charge in [0.2, 0.25) is 0 Å². The first-order valence-corrected chi connectivity index (χ1v) is 5.69. The zero-order chi connectivity index (χ0) is 13.8. The van der Waals surface area contributed by atoms with Crippen LogP contribution in [0.25, 0.3) is 0 Å². The summed E-state index contributed by atoms with van der Waals surface area (Å²) in [6.45, 7) is 1.95. The van der Waals surface area contributed by atoms with Gasteiger partial charge in [-0.1, -0.05) is 0 Å². The van der Waals surface area contributed by atoms with Crippen LogP contribution in [-0.2, 0) is 4.74 Å². The van der Waals surface area contributed by atoms with Crippen molar-refractivity contribution in [3.8, 4) is 5.75 Å². The van der Waals surface area contributed by atoms with Crippen molar-refractivity contribution in [2.75, 3.05) is 31.6 Å². The predicted octanol–water partition coefficient (Wildman–Crippen LogP) is 1.16. The third-order valence-corrected chi connectivity index (χ3v) is 2.72. The molecular formula is C11H13N3O5. The standard InChI is InChI=1S/C11H13N3O5/c15-10-7-8(1-2-9(10)14(17)18)12-11(16)13-3-5-19-6-4-13/h1-2,7,15H,3-6H2,(H,12,16). The minimum Gasteiger partial charge on any atom is -0.502 e. The third-order valence-electron chi connectivity index (χ3n) is 2.72. The third kappa shape index (κ3) is 3.10. The molecule has 2 N–H and O–H groups in total. The van der Waals surface area contributed by atoms with Gasteiger partial charge in [0.15, 0.2) is 5.75 Å². The monoisotopic (exact) mass is 267 g/mol. The van der Waals surface area contributed by atoms with E-state index in [1.54, 1.807) is 4.90 Å². The molecule has 0 aliphatic carbocycles. The summed E-state index contributed by atoms with van der Waals surface area (Å²) < 4.78 is 5.12. The van der Waals surface area contributed by atoms with Gasteiger partial charge in [0.05, 0.1) is 18.1 Å². The largest absolute Gasteiger partial charge is 0.502 e. The van der Waals surface area contributed by atoms with Gasteiger partial charge in [0, 0.05) is 30.9 Å². The summed E-state index contributed by atoms with van der Waals surface area (Å²) in [5.74, 6) is -0.482. The van der Waals surface area contributed by atoms with Crippen LogP contribution < -0.4 is 5.32 Å². The number of amides is 2. The number of nitrogens with zero attached hydrogens (tertiary/aromatic N) is 2. The van der Waals surface area contributed by atoms with Gasteiger partial charge >= 0.3 is 11.7 Å². The Labute approximate surface area is 108 Å². The van der Waals surface area contributed by atoms with E-state index >= 15 is 0 Å². The van der Waals surface area contributed by atoms with E-state index in [0.717, 1.165) is 12.1 Å². The van der Waals surface area contributed by atoms with Gasteiger partial charge in [-0.05, 0) is 6.07 Å². The van der Waals surface area contributed by atoms with Gasteiger partial charge in [-0.3, -0.25) is 10.1 Å². The van der Waals surface area contributed by atoms with Gasteiger partial charge < -0.3 is 20.1 Å². The van der Waals surface area contributed by atoms with Crippen LogP contribution in [0.5, 0.6) is 5.75 Å². The number of anilines is 1. The molecule has 19 heavy (non-hydrogen) atoms. The van der Waals surface area contributed by atoms with Crippen LogP contribution in [0.15, 0.2) is 18.2 Å². The summed E-state index contributed by atoms with van der Waals surface area (Å²) in [4.78, 5) is 23.3. The molecule has 1 fully saturated rings. The van der Waals surface area contributed by atoms with E-state index in [-0.39, 0.29) is 6.03 Å². The number of nitro groups is 1. The summed E-state index contributed by atoms with van der Waals surface area (Å²) >= 11 is 0. The van der Waals surface area contributed by atoms with E-state index in [2.05, 4.69) is 5.32 Å². The number of phenolic OH excluding ortho intramolecular Hbond substituents is 1. The Morgan fingerprint density at radius 1 is 1.42 bits per heavy atom. The zero-order valence-corrected chi connectivity index (χ0v) is 10.0. The highest BCUT2D eigenvalue weighted by Crippen LogP contribution is 2.28. The number of benzene rings is 1. The quantitative estimate of drug-likeness (QED) is 0.618. The Morgan fingerprint density at radius 3 is 2.68 bits per heavy atom. The molecule has 0 unspecified atom stereocenters. The summed E-state index contributed by atoms with van der Waals surface area (Å²) in [7, 11) is 0. The first kappa shape index (κ1) is 13.1. The molecule has 0 atom stereocenters. The fourth-order valence-corrected chi connectivity index (χ4v) is 1.72. The van der Waals surface area contributed by atoms with E-state index < -0.39 is 16.4 Å². The topological polar surface area (TPSA) is 105 Å². The number of ether oxygens (including phenoxy) is 1. The highest BCUT2D eigenvalue weighted by molar-refractivity contribution is 5.89. The second-order valence-corrected chi connectivity index (χ2v) is 3.99. The maximum Gasteiger partial charge on any atom is 0.322 e. The molecule has 0 spiro atoms. The summed E-state index contributed by atoms with van der Waals surface area (Å²) in [6, 6.07) is 3.34. The number of hydrogen-bond donors (Lipinski definition) is 2. The summed E-state index contributed by atoms with van der Waals surface area (Å²) in [6.07, 6.45) is 0. The van der Waals surface area contributed by atoms with Crippen molar-refractivity contribution in [1.82, 2.24) is 4.90 Å². The Bertz CT molecular complexity index is 499. The van der Waals surface area contributed by atoms with E-state index in [1.165, 1.54) is 6.07 Å². The number of aromatic hydroxyl groups is 1. The molecule has 1 aromatic carbocycles. The molecule has 0 bridgehead atoms. The van der Waals surface area contributed by atoms with Crippen LogP contribution >= 0.6 is 0 Å². The fourth-order valence-electron chi connectivity index (χ4n) is 1.72. The van der Waals surface area contributed by atoms with Crippen LogP contribution in [0.2, 0.25) is 0 Å². The number of carbonyl (C=O) groups is 1. The van der Waals surface area contributed by atoms with Crippen molar-refractivity contribution in [3.63, 3.8) is 0 Å². The zero-order valence-electron chi connectivity index (χ0n) is 10.0. The molecule has 0 radical (unpaired) electrons. The van der Waals surface area contributed by atoms with Crippen molar-refractivity contribution in [2.45, 2.75) is 0 Å². The molecule has 1 heterocycles. The molecule has 1 aliphatic rings. The molecule has 102 valence electrons. The van der Waals surface area contributed by atoms with Gasteiger partial charge in [0.25, 0.3) is 0 Å². The normalized spacial score (nSPS) is 15.1. The molecule has 1 aromatic rings. The lowest BCUT2D eigenvalue weighted by molar-refractivity contribution is -0.385. The lowest BCUT2D eigenvalue weighted by Gasteiger charge is -2.26. The van der Waals surface area contributed by atoms with Crippen molar-refractivity contribution < 1.29 is 19.6 Å². The maximum atomic E-state index is 11.8. The average Bonchev–Trinajstić information content (AvgIpc) is 2.39. The SMILES string of the molecule is O=C(Nc1ccc([N+](=O)[O-])c(O)c1)N1CCOCC1. The van der Waals surface area contributed by atoms with Gasteiger partial charge in [0.1, 0.15) is 0 Å². The van der Waals surface area contributed by atoms with E-state index in [1.807, 2.05) is 0 Å². The van der Waals surface area contributed by atoms with Gasteiger partial charge in [-0.2, -0.15) is 0 Å². The van der Waals surface area contributed by atoms with Crippen molar-refractivity contribution in [3.05, 3.63) is 28.3 Å². The van der Waals surface area contributed by atoms with Crippen LogP contribution in [0, 0.1) is 10.1 Å². The van der Waals surface area contributed by atoms with Gasteiger partial charge in [-0.25, -0.2) is 4.79 Å². The number of rotatable bonds is 2. The smallest absolute Gasteiger partial charge is 0.322 e. The van der Waals surface area contributed by atoms with Crippen molar-refractivity contribution in [1.29, 1.82) is 0 Å². The van der Waals surface area contributed by atoms with Gasteiger partial charge in [-0.15, -0.1) is 0 Å². The highest BCUT2D eigenvalue weighted by atomic mass is 16.6. The minimum atomic E-state index is -0.692. The number of carbonyl (C=O) groups excluding carboxylic acids is 1.